The molecule has 2 aliphatic rings. The maximum Gasteiger partial charge on any atom is 0.261 e. The van der Waals surface area contributed by atoms with Crippen LogP contribution < -0.4 is 5.32 Å². The van der Waals surface area contributed by atoms with Gasteiger partial charge in [0.1, 0.15) is 0 Å². The van der Waals surface area contributed by atoms with Crippen LogP contribution in [0.1, 0.15) is 65.1 Å². The molecular weight excluding hydrogens is 270 g/mol. The maximum absolute atomic E-state index is 12.3. The summed E-state index contributed by atoms with van der Waals surface area (Å²) in [5.74, 6) is 0.0875. The van der Waals surface area contributed by atoms with E-state index in [9.17, 15) is 9.90 Å². The molecule has 0 bridgehead atoms. The third kappa shape index (κ3) is 3.23. The summed E-state index contributed by atoms with van der Waals surface area (Å²) < 4.78 is 0. The fourth-order valence-corrected chi connectivity index (χ4v) is 4.41. The molecule has 0 atom stereocenters. The second kappa shape index (κ2) is 6.27. The first kappa shape index (κ1) is 14.1. The number of fused-ring (bicyclic) bond motifs is 1. The summed E-state index contributed by atoms with van der Waals surface area (Å²) in [7, 11) is 0. The molecule has 1 fully saturated rings. The molecule has 20 heavy (non-hydrogen) atoms. The molecule has 1 aromatic heterocycles. The van der Waals surface area contributed by atoms with Crippen molar-refractivity contribution in [2.75, 3.05) is 0 Å². The van der Waals surface area contributed by atoms with Gasteiger partial charge in [-0.25, -0.2) is 0 Å². The fraction of sp³-hybridized carbons (Fsp3) is 0.688. The van der Waals surface area contributed by atoms with Gasteiger partial charge in [0.25, 0.3) is 5.91 Å². The van der Waals surface area contributed by atoms with Gasteiger partial charge in [0.2, 0.25) is 0 Å². The second-order valence-corrected chi connectivity index (χ2v) is 7.24. The van der Waals surface area contributed by atoms with E-state index in [-0.39, 0.29) is 18.1 Å². The number of thiophene rings is 1. The van der Waals surface area contributed by atoms with E-state index in [1.165, 1.54) is 29.7 Å². The van der Waals surface area contributed by atoms with E-state index in [1.807, 2.05) is 0 Å². The second-order valence-electron chi connectivity index (χ2n) is 6.10. The number of aliphatic hydroxyl groups excluding tert-OH is 1. The van der Waals surface area contributed by atoms with Gasteiger partial charge < -0.3 is 10.4 Å². The molecule has 0 radical (unpaired) electrons. The van der Waals surface area contributed by atoms with Crippen LogP contribution in [0.2, 0.25) is 0 Å². The third-order valence-corrected chi connectivity index (χ3v) is 5.74. The average Bonchev–Trinajstić information content (AvgIpc) is 2.73. The van der Waals surface area contributed by atoms with Crippen molar-refractivity contribution in [3.05, 3.63) is 21.4 Å². The van der Waals surface area contributed by atoms with Gasteiger partial charge in [-0.15, -0.1) is 11.3 Å². The standard InChI is InChI=1S/C16H23NO2S/c18-13-8-6-12(7-9-13)17-16(19)15-10-11-4-2-1-3-5-14(11)20-15/h10,12-13,18H,1-9H2,(H,17,19). The van der Waals surface area contributed by atoms with Crippen LogP contribution in [0.15, 0.2) is 6.07 Å². The SMILES string of the molecule is O=C(NC1CCC(O)CC1)c1cc2c(s1)CCCCC2. The molecule has 1 saturated carbocycles. The summed E-state index contributed by atoms with van der Waals surface area (Å²) in [6, 6.07) is 2.35. The lowest BCUT2D eigenvalue weighted by atomic mass is 9.93. The van der Waals surface area contributed by atoms with Crippen LogP contribution in [0.3, 0.4) is 0 Å². The number of amides is 1. The fourth-order valence-electron chi connectivity index (χ4n) is 3.26. The van der Waals surface area contributed by atoms with Gasteiger partial charge in [0, 0.05) is 10.9 Å². The molecule has 0 saturated heterocycles. The Balaban J connectivity index is 1.62. The first-order valence-electron chi connectivity index (χ1n) is 7.83. The normalized spacial score (nSPS) is 26.6. The predicted molar refractivity (Wildman–Crippen MR) is 81.3 cm³/mol. The van der Waals surface area contributed by atoms with E-state index in [2.05, 4.69) is 11.4 Å². The summed E-state index contributed by atoms with van der Waals surface area (Å²) in [6.07, 6.45) is 9.36. The monoisotopic (exact) mass is 293 g/mol. The zero-order chi connectivity index (χ0) is 13.9. The molecule has 2 N–H and O–H groups in total. The number of rotatable bonds is 2. The highest BCUT2D eigenvalue weighted by Gasteiger charge is 2.23. The van der Waals surface area contributed by atoms with E-state index in [4.69, 9.17) is 0 Å². The molecule has 1 heterocycles. The summed E-state index contributed by atoms with van der Waals surface area (Å²) >= 11 is 1.68. The summed E-state index contributed by atoms with van der Waals surface area (Å²) in [5, 5.41) is 12.6. The lowest BCUT2D eigenvalue weighted by molar-refractivity contribution is 0.0871. The molecule has 2 aliphatic carbocycles. The van der Waals surface area contributed by atoms with E-state index in [1.54, 1.807) is 11.3 Å². The number of carbonyl (C=O) groups is 1. The Hall–Kier alpha value is -0.870. The number of carbonyl (C=O) groups excluding carboxylic acids is 1. The first-order chi connectivity index (χ1) is 9.72. The van der Waals surface area contributed by atoms with Crippen LogP contribution in [-0.2, 0) is 12.8 Å². The van der Waals surface area contributed by atoms with Gasteiger partial charge >= 0.3 is 0 Å². The summed E-state index contributed by atoms with van der Waals surface area (Å²) in [6.45, 7) is 0. The quantitative estimate of drug-likeness (QED) is 0.823. The molecule has 3 rings (SSSR count). The Labute approximate surface area is 124 Å². The molecule has 4 heteroatoms. The van der Waals surface area contributed by atoms with Crippen molar-refractivity contribution in [2.45, 2.75) is 69.9 Å². The highest BCUT2D eigenvalue weighted by atomic mass is 32.1. The number of aliphatic hydroxyl groups is 1. The Bertz CT molecular complexity index is 451. The number of hydrogen-bond acceptors (Lipinski definition) is 3. The molecule has 1 aromatic rings. The highest BCUT2D eigenvalue weighted by molar-refractivity contribution is 7.14. The molecule has 0 spiro atoms. The summed E-state index contributed by atoms with van der Waals surface area (Å²) in [4.78, 5) is 14.6. The van der Waals surface area contributed by atoms with Crippen molar-refractivity contribution in [1.82, 2.24) is 5.32 Å². The smallest absolute Gasteiger partial charge is 0.261 e. The van der Waals surface area contributed by atoms with Crippen LogP contribution in [0, 0.1) is 0 Å². The molecule has 0 unspecified atom stereocenters. The van der Waals surface area contributed by atoms with Gasteiger partial charge in [-0.1, -0.05) is 6.42 Å². The van der Waals surface area contributed by atoms with Crippen LogP contribution in [0.4, 0.5) is 0 Å². The first-order valence-corrected chi connectivity index (χ1v) is 8.64. The van der Waals surface area contributed by atoms with Gasteiger partial charge in [-0.05, 0) is 63.0 Å². The van der Waals surface area contributed by atoms with Crippen LogP contribution in [-0.4, -0.2) is 23.2 Å². The number of nitrogens with one attached hydrogen (secondary N) is 1. The molecule has 3 nitrogen and oxygen atoms in total. The number of aryl methyl sites for hydroxylation is 2. The Morgan fingerprint density at radius 1 is 1.15 bits per heavy atom. The van der Waals surface area contributed by atoms with E-state index in [0.717, 1.165) is 43.4 Å². The van der Waals surface area contributed by atoms with Crippen LogP contribution >= 0.6 is 11.3 Å². The van der Waals surface area contributed by atoms with Crippen molar-refractivity contribution in [1.29, 1.82) is 0 Å². The maximum atomic E-state index is 12.3. The zero-order valence-corrected chi connectivity index (χ0v) is 12.7. The molecule has 0 aromatic carbocycles. The summed E-state index contributed by atoms with van der Waals surface area (Å²) in [5.41, 5.74) is 1.40. The van der Waals surface area contributed by atoms with Gasteiger partial charge in [-0.3, -0.25) is 4.79 Å². The predicted octanol–water partition coefficient (Wildman–Crippen LogP) is 3.05. The minimum atomic E-state index is -0.166. The van der Waals surface area contributed by atoms with Gasteiger partial charge in [0.05, 0.1) is 11.0 Å². The van der Waals surface area contributed by atoms with Crippen molar-refractivity contribution in [3.63, 3.8) is 0 Å². The number of hydrogen-bond donors (Lipinski definition) is 2. The van der Waals surface area contributed by atoms with Crippen molar-refractivity contribution >= 4 is 17.2 Å². The van der Waals surface area contributed by atoms with Crippen LogP contribution in [0.5, 0.6) is 0 Å². The minimum Gasteiger partial charge on any atom is -0.393 e. The molecular formula is C16H23NO2S. The van der Waals surface area contributed by atoms with Crippen LogP contribution in [0.25, 0.3) is 0 Å². The lowest BCUT2D eigenvalue weighted by Gasteiger charge is -2.25. The highest BCUT2D eigenvalue weighted by Crippen LogP contribution is 2.29. The van der Waals surface area contributed by atoms with Crippen molar-refractivity contribution in [2.24, 2.45) is 0 Å². The third-order valence-electron chi connectivity index (χ3n) is 4.50. The van der Waals surface area contributed by atoms with Gasteiger partial charge in [0.15, 0.2) is 0 Å². The molecule has 0 aliphatic heterocycles. The van der Waals surface area contributed by atoms with Gasteiger partial charge in [-0.2, -0.15) is 0 Å². The zero-order valence-electron chi connectivity index (χ0n) is 11.9. The Morgan fingerprint density at radius 2 is 1.90 bits per heavy atom. The Morgan fingerprint density at radius 3 is 2.70 bits per heavy atom. The topological polar surface area (TPSA) is 49.3 Å². The molecule has 110 valence electrons. The van der Waals surface area contributed by atoms with E-state index in [0.29, 0.717) is 0 Å². The van der Waals surface area contributed by atoms with E-state index >= 15 is 0 Å². The van der Waals surface area contributed by atoms with E-state index < -0.39 is 0 Å². The van der Waals surface area contributed by atoms with Crippen molar-refractivity contribution < 1.29 is 9.90 Å². The largest absolute Gasteiger partial charge is 0.393 e. The Kier molecular flexibility index (Phi) is 4.41. The van der Waals surface area contributed by atoms with Crippen molar-refractivity contribution in [3.8, 4) is 0 Å². The average molecular weight is 293 g/mol. The molecule has 1 amide bonds. The lowest BCUT2D eigenvalue weighted by Crippen LogP contribution is -2.38. The minimum absolute atomic E-state index is 0.0875.